The molecule has 2 rings (SSSR count). The van der Waals surface area contributed by atoms with Crippen LogP contribution in [0, 0.1) is 5.92 Å². The van der Waals surface area contributed by atoms with Gasteiger partial charge in [-0.25, -0.2) is 0 Å². The summed E-state index contributed by atoms with van der Waals surface area (Å²) >= 11 is 0. The summed E-state index contributed by atoms with van der Waals surface area (Å²) in [5.41, 5.74) is 0. The molecule has 0 radical (unpaired) electrons. The second-order valence-corrected chi connectivity index (χ2v) is 4.99. The molecule has 0 spiro atoms. The normalized spacial score (nSPS) is 27.1. The molecule has 0 aromatic carbocycles. The first-order valence-corrected chi connectivity index (χ1v) is 6.33. The van der Waals surface area contributed by atoms with Gasteiger partial charge in [-0.05, 0) is 44.7 Å². The minimum absolute atomic E-state index is 0.0486. The van der Waals surface area contributed by atoms with Gasteiger partial charge >= 0.3 is 6.18 Å². The van der Waals surface area contributed by atoms with Crippen LogP contribution in [-0.2, 0) is 0 Å². The van der Waals surface area contributed by atoms with Crippen molar-refractivity contribution < 1.29 is 17.6 Å². The minimum atomic E-state index is -4.03. The van der Waals surface area contributed by atoms with Crippen molar-refractivity contribution in [3.8, 4) is 0 Å². The van der Waals surface area contributed by atoms with Gasteiger partial charge in [0.1, 0.15) is 5.76 Å². The number of alkyl halides is 3. The highest BCUT2D eigenvalue weighted by Gasteiger charge is 2.41. The third kappa shape index (κ3) is 3.28. The second kappa shape index (κ2) is 5.34. The van der Waals surface area contributed by atoms with Crippen molar-refractivity contribution in [1.82, 2.24) is 5.32 Å². The molecular weight excluding hydrogens is 243 g/mol. The lowest BCUT2D eigenvalue weighted by Gasteiger charge is -2.31. The van der Waals surface area contributed by atoms with Gasteiger partial charge in [0.25, 0.3) is 0 Å². The maximum absolute atomic E-state index is 12.5. The smallest absolute Gasteiger partial charge is 0.391 e. The summed E-state index contributed by atoms with van der Waals surface area (Å²) in [5.74, 6) is -0.289. The zero-order valence-corrected chi connectivity index (χ0v) is 10.3. The third-order valence-corrected chi connectivity index (χ3v) is 3.65. The summed E-state index contributed by atoms with van der Waals surface area (Å²) in [6.07, 6.45) is -0.811. The maximum Gasteiger partial charge on any atom is 0.391 e. The Morgan fingerprint density at radius 2 is 1.94 bits per heavy atom. The Morgan fingerprint density at radius 1 is 1.28 bits per heavy atom. The minimum Gasteiger partial charge on any atom is -0.468 e. The van der Waals surface area contributed by atoms with Crippen LogP contribution in [0.2, 0.25) is 0 Å². The molecule has 1 aliphatic rings. The molecule has 0 aliphatic heterocycles. The van der Waals surface area contributed by atoms with E-state index in [2.05, 4.69) is 5.32 Å². The van der Waals surface area contributed by atoms with Crippen LogP contribution in [0.25, 0.3) is 0 Å². The molecule has 1 N–H and O–H groups in total. The van der Waals surface area contributed by atoms with E-state index in [4.69, 9.17) is 4.42 Å². The van der Waals surface area contributed by atoms with Crippen LogP contribution in [0.4, 0.5) is 13.2 Å². The molecule has 102 valence electrons. The summed E-state index contributed by atoms with van der Waals surface area (Å²) in [5, 5.41) is 3.33. The van der Waals surface area contributed by atoms with Gasteiger partial charge < -0.3 is 9.73 Å². The van der Waals surface area contributed by atoms with E-state index >= 15 is 0 Å². The number of halogens is 3. The topological polar surface area (TPSA) is 25.2 Å². The van der Waals surface area contributed by atoms with E-state index in [-0.39, 0.29) is 24.9 Å². The predicted octanol–water partition coefficient (Wildman–Crippen LogP) is 4.05. The van der Waals surface area contributed by atoms with E-state index in [0.29, 0.717) is 12.8 Å². The predicted molar refractivity (Wildman–Crippen MR) is 62.1 cm³/mol. The van der Waals surface area contributed by atoms with Gasteiger partial charge in [-0.15, -0.1) is 0 Å². The highest BCUT2D eigenvalue weighted by Crippen LogP contribution is 2.37. The molecule has 1 heterocycles. The first-order valence-electron chi connectivity index (χ1n) is 6.33. The summed E-state index contributed by atoms with van der Waals surface area (Å²) in [7, 11) is 0. The molecule has 0 bridgehead atoms. The lowest BCUT2D eigenvalue weighted by Crippen LogP contribution is -2.38. The summed E-state index contributed by atoms with van der Waals surface area (Å²) in [4.78, 5) is 0. The highest BCUT2D eigenvalue weighted by molar-refractivity contribution is 5.03. The van der Waals surface area contributed by atoms with Gasteiger partial charge in [0.2, 0.25) is 0 Å². The summed E-state index contributed by atoms with van der Waals surface area (Å²) < 4.78 is 42.8. The van der Waals surface area contributed by atoms with Crippen LogP contribution < -0.4 is 5.32 Å². The fraction of sp³-hybridized carbons (Fsp3) is 0.692. The molecule has 1 aromatic heterocycles. The Kier molecular flexibility index (Phi) is 4.00. The quantitative estimate of drug-likeness (QED) is 0.888. The molecule has 1 fully saturated rings. The Bertz CT molecular complexity index is 353. The molecule has 5 heteroatoms. The van der Waals surface area contributed by atoms with Crippen LogP contribution in [-0.4, -0.2) is 12.2 Å². The molecule has 1 saturated carbocycles. The average Bonchev–Trinajstić information content (AvgIpc) is 2.82. The number of rotatable bonds is 3. The third-order valence-electron chi connectivity index (χ3n) is 3.65. The van der Waals surface area contributed by atoms with Crippen LogP contribution >= 0.6 is 0 Å². The number of hydrogen-bond acceptors (Lipinski definition) is 2. The highest BCUT2D eigenvalue weighted by atomic mass is 19.4. The molecule has 1 aliphatic carbocycles. The summed E-state index contributed by atoms with van der Waals surface area (Å²) in [6, 6.07) is 3.89. The number of nitrogens with one attached hydrogen (secondary N) is 1. The molecule has 0 unspecified atom stereocenters. The number of furan rings is 1. The van der Waals surface area contributed by atoms with Crippen LogP contribution in [0.15, 0.2) is 22.8 Å². The molecule has 2 nitrogen and oxygen atoms in total. The number of hydrogen-bond donors (Lipinski definition) is 1. The van der Waals surface area contributed by atoms with Crippen LogP contribution in [0.1, 0.15) is 44.4 Å². The molecule has 18 heavy (non-hydrogen) atoms. The Hall–Kier alpha value is -0.970. The van der Waals surface area contributed by atoms with Crippen LogP contribution in [0.5, 0.6) is 0 Å². The van der Waals surface area contributed by atoms with Crippen molar-refractivity contribution in [3.63, 3.8) is 0 Å². The average molecular weight is 261 g/mol. The molecule has 0 amide bonds. The zero-order chi connectivity index (χ0) is 13.2. The van der Waals surface area contributed by atoms with Crippen molar-refractivity contribution >= 4 is 0 Å². The largest absolute Gasteiger partial charge is 0.468 e. The maximum atomic E-state index is 12.5. The van der Waals surface area contributed by atoms with E-state index in [9.17, 15) is 13.2 Å². The monoisotopic (exact) mass is 261 g/mol. The van der Waals surface area contributed by atoms with Gasteiger partial charge in [-0.2, -0.15) is 13.2 Å². The molecular formula is C13H18F3NO. The van der Waals surface area contributed by atoms with E-state index < -0.39 is 12.1 Å². The Morgan fingerprint density at radius 3 is 2.44 bits per heavy atom. The molecule has 0 saturated heterocycles. The van der Waals surface area contributed by atoms with E-state index in [1.54, 1.807) is 6.26 Å². The molecule has 1 aromatic rings. The van der Waals surface area contributed by atoms with Gasteiger partial charge in [-0.1, -0.05) is 0 Å². The van der Waals surface area contributed by atoms with Crippen molar-refractivity contribution in [2.45, 2.75) is 50.9 Å². The first-order chi connectivity index (χ1) is 8.47. The van der Waals surface area contributed by atoms with Crippen molar-refractivity contribution in [1.29, 1.82) is 0 Å². The zero-order valence-electron chi connectivity index (χ0n) is 10.3. The molecule has 1 atom stereocenters. The van der Waals surface area contributed by atoms with Crippen molar-refractivity contribution in [2.75, 3.05) is 0 Å². The Balaban J connectivity index is 1.80. The van der Waals surface area contributed by atoms with Crippen LogP contribution in [0.3, 0.4) is 0 Å². The van der Waals surface area contributed by atoms with Gasteiger partial charge in [-0.3, -0.25) is 0 Å². The standard InChI is InChI=1S/C13H18F3NO/c1-9(12-3-2-8-18-12)17-11-6-4-10(5-7-11)13(14,15)16/h2-3,8-11,17H,4-7H2,1H3/t9-,10?,11?/m1/s1. The van der Waals surface area contributed by atoms with Gasteiger partial charge in [0.15, 0.2) is 0 Å². The second-order valence-electron chi connectivity index (χ2n) is 4.99. The van der Waals surface area contributed by atoms with E-state index in [1.807, 2.05) is 19.1 Å². The Labute approximate surface area is 105 Å². The SMILES string of the molecule is C[C@@H](NC1CCC(C(F)(F)F)CC1)c1ccco1. The van der Waals surface area contributed by atoms with Gasteiger partial charge in [0, 0.05) is 6.04 Å². The first kappa shape index (κ1) is 13.5. The van der Waals surface area contributed by atoms with Crippen molar-refractivity contribution in [3.05, 3.63) is 24.2 Å². The van der Waals surface area contributed by atoms with E-state index in [1.165, 1.54) is 0 Å². The fourth-order valence-electron chi connectivity index (χ4n) is 2.56. The lowest BCUT2D eigenvalue weighted by molar-refractivity contribution is -0.182. The van der Waals surface area contributed by atoms with Crippen molar-refractivity contribution in [2.24, 2.45) is 5.92 Å². The van der Waals surface area contributed by atoms with Gasteiger partial charge in [0.05, 0.1) is 18.2 Å². The summed E-state index contributed by atoms with van der Waals surface area (Å²) in [6.45, 7) is 1.97. The lowest BCUT2D eigenvalue weighted by atomic mass is 9.85. The fourth-order valence-corrected chi connectivity index (χ4v) is 2.56. The van der Waals surface area contributed by atoms with E-state index in [0.717, 1.165) is 5.76 Å².